The molecule has 0 spiro atoms. The number of nitrogens with zero attached hydrogens (tertiary/aromatic N) is 2. The Morgan fingerprint density at radius 3 is 2.89 bits per heavy atom. The van der Waals surface area contributed by atoms with Gasteiger partial charge in [-0.2, -0.15) is 18.3 Å². The van der Waals surface area contributed by atoms with Gasteiger partial charge in [-0.3, -0.25) is 4.68 Å². The van der Waals surface area contributed by atoms with E-state index >= 15 is 0 Å². The average Bonchev–Trinajstić information content (AvgIpc) is 2.67. The Kier molecular flexibility index (Phi) is 3.79. The smallest absolute Gasteiger partial charge is 0.408 e. The number of ether oxygens (including phenoxy) is 1. The number of hydrogen-bond acceptors (Lipinski definition) is 4. The highest BCUT2D eigenvalue weighted by Crippen LogP contribution is 2.24. The molecule has 0 saturated heterocycles. The molecule has 0 amide bonds. The van der Waals surface area contributed by atoms with Crippen LogP contribution in [0.2, 0.25) is 0 Å². The lowest BCUT2D eigenvalue weighted by Crippen LogP contribution is -2.27. The molecule has 0 aromatic carbocycles. The van der Waals surface area contributed by atoms with E-state index in [1.807, 2.05) is 0 Å². The number of carbonyl (C=O) groups excluding carboxylic acids is 1. The lowest BCUT2D eigenvalue weighted by molar-refractivity contribution is -0.143. The fourth-order valence-corrected chi connectivity index (χ4v) is 2.08. The zero-order valence-corrected chi connectivity index (χ0v) is 10.4. The molecule has 8 heteroatoms. The second kappa shape index (κ2) is 5.20. The average molecular weight is 277 g/mol. The van der Waals surface area contributed by atoms with E-state index in [1.165, 1.54) is 0 Å². The van der Waals surface area contributed by atoms with Crippen LogP contribution in [0.1, 0.15) is 28.7 Å². The SMILES string of the molecule is CCOC(=O)c1nn(CC(F)(F)F)c2c1CNCC2. The molecule has 1 aromatic heterocycles. The van der Waals surface area contributed by atoms with Gasteiger partial charge in [-0.1, -0.05) is 0 Å². The normalized spacial score (nSPS) is 15.2. The van der Waals surface area contributed by atoms with Gasteiger partial charge in [0, 0.05) is 30.8 Å². The van der Waals surface area contributed by atoms with Crippen molar-refractivity contribution in [2.45, 2.75) is 32.6 Å². The summed E-state index contributed by atoms with van der Waals surface area (Å²) in [5.41, 5.74) is 0.946. The number of fused-ring (bicyclic) bond motifs is 1. The number of aromatic nitrogens is 2. The Bertz CT molecular complexity index is 482. The van der Waals surface area contributed by atoms with Crippen molar-refractivity contribution < 1.29 is 22.7 Å². The highest BCUT2D eigenvalue weighted by Gasteiger charge is 2.33. The van der Waals surface area contributed by atoms with Crippen LogP contribution >= 0.6 is 0 Å². The molecule has 0 unspecified atom stereocenters. The van der Waals surface area contributed by atoms with Crippen LogP contribution in [0.4, 0.5) is 13.2 Å². The van der Waals surface area contributed by atoms with Crippen molar-refractivity contribution >= 4 is 5.97 Å². The zero-order chi connectivity index (χ0) is 14.0. The van der Waals surface area contributed by atoms with Gasteiger partial charge in [0.1, 0.15) is 6.54 Å². The molecule has 2 rings (SSSR count). The highest BCUT2D eigenvalue weighted by atomic mass is 19.4. The highest BCUT2D eigenvalue weighted by molar-refractivity contribution is 5.89. The second-order valence-electron chi connectivity index (χ2n) is 4.19. The van der Waals surface area contributed by atoms with E-state index in [4.69, 9.17) is 4.74 Å². The van der Waals surface area contributed by atoms with Gasteiger partial charge in [-0.15, -0.1) is 0 Å². The second-order valence-corrected chi connectivity index (χ2v) is 4.19. The number of hydrogen-bond donors (Lipinski definition) is 1. The van der Waals surface area contributed by atoms with Gasteiger partial charge < -0.3 is 10.1 Å². The van der Waals surface area contributed by atoms with Crippen LogP contribution in [0.3, 0.4) is 0 Å². The molecule has 0 saturated carbocycles. The van der Waals surface area contributed by atoms with E-state index in [2.05, 4.69) is 10.4 Å². The number of halogens is 3. The molecular weight excluding hydrogens is 263 g/mol. The minimum absolute atomic E-state index is 0.0201. The number of alkyl halides is 3. The summed E-state index contributed by atoms with van der Waals surface area (Å²) in [5, 5.41) is 6.79. The Labute approximate surface area is 107 Å². The molecule has 2 heterocycles. The summed E-state index contributed by atoms with van der Waals surface area (Å²) in [6.45, 7) is 1.51. The first-order valence-corrected chi connectivity index (χ1v) is 5.95. The monoisotopic (exact) mass is 277 g/mol. The van der Waals surface area contributed by atoms with Gasteiger partial charge in [-0.25, -0.2) is 4.79 Å². The summed E-state index contributed by atoms with van der Waals surface area (Å²) in [6.07, 6.45) is -3.95. The van der Waals surface area contributed by atoms with E-state index < -0.39 is 18.7 Å². The van der Waals surface area contributed by atoms with Gasteiger partial charge in [0.05, 0.1) is 6.61 Å². The summed E-state index contributed by atoms with van der Waals surface area (Å²) >= 11 is 0. The molecular formula is C11H14F3N3O2. The topological polar surface area (TPSA) is 56.1 Å². The zero-order valence-electron chi connectivity index (χ0n) is 10.4. The molecule has 0 atom stereocenters. The fraction of sp³-hybridized carbons (Fsp3) is 0.636. The summed E-state index contributed by atoms with van der Waals surface area (Å²) in [5.74, 6) is -0.677. The molecule has 0 bridgehead atoms. The molecule has 19 heavy (non-hydrogen) atoms. The van der Waals surface area contributed by atoms with Gasteiger partial charge in [0.25, 0.3) is 0 Å². The van der Waals surface area contributed by atoms with Gasteiger partial charge in [0.2, 0.25) is 0 Å². The van der Waals surface area contributed by atoms with Crippen LogP contribution in [-0.4, -0.2) is 35.1 Å². The van der Waals surface area contributed by atoms with Gasteiger partial charge in [0.15, 0.2) is 5.69 Å². The standard InChI is InChI=1S/C11H14F3N3O2/c1-2-19-10(18)9-7-5-15-4-3-8(7)17(16-9)6-11(12,13)14/h15H,2-6H2,1H3. The van der Waals surface area contributed by atoms with Crippen LogP contribution in [-0.2, 0) is 24.2 Å². The van der Waals surface area contributed by atoms with Crippen molar-refractivity contribution in [2.24, 2.45) is 0 Å². The van der Waals surface area contributed by atoms with E-state index in [0.717, 1.165) is 4.68 Å². The van der Waals surface area contributed by atoms with E-state index in [1.54, 1.807) is 6.92 Å². The molecule has 5 nitrogen and oxygen atoms in total. The molecule has 1 aliphatic rings. The predicted molar refractivity (Wildman–Crippen MR) is 59.6 cm³/mol. The largest absolute Gasteiger partial charge is 0.461 e. The lowest BCUT2D eigenvalue weighted by atomic mass is 10.1. The van der Waals surface area contributed by atoms with Crippen molar-refractivity contribution in [1.82, 2.24) is 15.1 Å². The lowest BCUT2D eigenvalue weighted by Gasteiger charge is -2.16. The summed E-state index contributed by atoms with van der Waals surface area (Å²) < 4.78 is 43.1. The van der Waals surface area contributed by atoms with Crippen molar-refractivity contribution in [2.75, 3.05) is 13.2 Å². The first-order valence-electron chi connectivity index (χ1n) is 5.95. The summed E-state index contributed by atoms with van der Waals surface area (Å²) in [7, 11) is 0. The van der Waals surface area contributed by atoms with Crippen LogP contribution in [0.25, 0.3) is 0 Å². The van der Waals surface area contributed by atoms with Crippen molar-refractivity contribution in [3.63, 3.8) is 0 Å². The molecule has 1 aliphatic heterocycles. The summed E-state index contributed by atoms with van der Waals surface area (Å²) in [6, 6.07) is 0. The maximum Gasteiger partial charge on any atom is 0.408 e. The molecule has 0 fully saturated rings. The quantitative estimate of drug-likeness (QED) is 0.845. The molecule has 0 radical (unpaired) electrons. The number of esters is 1. The Hall–Kier alpha value is -1.57. The molecule has 106 valence electrons. The minimum Gasteiger partial charge on any atom is -0.461 e. The number of rotatable bonds is 3. The van der Waals surface area contributed by atoms with E-state index in [-0.39, 0.29) is 12.3 Å². The molecule has 1 aromatic rings. The van der Waals surface area contributed by atoms with Gasteiger partial charge in [-0.05, 0) is 6.92 Å². The summed E-state index contributed by atoms with van der Waals surface area (Å²) in [4.78, 5) is 11.7. The predicted octanol–water partition coefficient (Wildman–Crippen LogP) is 1.27. The Morgan fingerprint density at radius 2 is 2.26 bits per heavy atom. The van der Waals surface area contributed by atoms with Crippen LogP contribution in [0, 0.1) is 0 Å². The van der Waals surface area contributed by atoms with Crippen molar-refractivity contribution in [3.8, 4) is 0 Å². The van der Waals surface area contributed by atoms with Crippen molar-refractivity contribution in [1.29, 1.82) is 0 Å². The maximum absolute atomic E-state index is 12.5. The third-order valence-electron chi connectivity index (χ3n) is 2.80. The van der Waals surface area contributed by atoms with Crippen LogP contribution in [0.15, 0.2) is 0 Å². The molecule has 0 aliphatic carbocycles. The van der Waals surface area contributed by atoms with Crippen LogP contribution in [0.5, 0.6) is 0 Å². The molecule has 1 N–H and O–H groups in total. The van der Waals surface area contributed by atoms with Crippen LogP contribution < -0.4 is 5.32 Å². The Morgan fingerprint density at radius 1 is 1.53 bits per heavy atom. The van der Waals surface area contributed by atoms with Crippen molar-refractivity contribution in [3.05, 3.63) is 17.0 Å². The van der Waals surface area contributed by atoms with E-state index in [0.29, 0.717) is 30.8 Å². The first kappa shape index (κ1) is 13.9. The first-order chi connectivity index (χ1) is 8.92. The maximum atomic E-state index is 12.5. The third-order valence-corrected chi connectivity index (χ3v) is 2.80. The fourth-order valence-electron chi connectivity index (χ4n) is 2.08. The number of carbonyl (C=O) groups is 1. The van der Waals surface area contributed by atoms with E-state index in [9.17, 15) is 18.0 Å². The Balaban J connectivity index is 2.37. The third kappa shape index (κ3) is 3.06. The minimum atomic E-state index is -4.36. The number of nitrogens with one attached hydrogen (secondary N) is 1. The van der Waals surface area contributed by atoms with Gasteiger partial charge >= 0.3 is 12.1 Å².